The van der Waals surface area contributed by atoms with Crippen molar-refractivity contribution in [1.29, 1.82) is 5.26 Å². The van der Waals surface area contributed by atoms with Crippen molar-refractivity contribution in [2.75, 3.05) is 13.2 Å². The first kappa shape index (κ1) is 36.5. The number of halogens is 1. The molecule has 51 heavy (non-hydrogen) atoms. The number of rotatable bonds is 8. The van der Waals surface area contributed by atoms with Gasteiger partial charge in [-0.3, -0.25) is 9.59 Å². The Morgan fingerprint density at radius 3 is 2.31 bits per heavy atom. The molecule has 7 nitrogen and oxygen atoms in total. The van der Waals surface area contributed by atoms with Gasteiger partial charge < -0.3 is 14.6 Å². The first-order chi connectivity index (χ1) is 24.0. The number of nitriles is 1. The molecule has 0 unspecified atom stereocenters. The summed E-state index contributed by atoms with van der Waals surface area (Å²) in [7, 11) is 0. The number of hydrogen-bond donors (Lipinski definition) is 1. The van der Waals surface area contributed by atoms with Gasteiger partial charge in [-0.2, -0.15) is 5.26 Å². The summed E-state index contributed by atoms with van der Waals surface area (Å²) in [5, 5.41) is 19.8. The van der Waals surface area contributed by atoms with E-state index in [1.807, 2.05) is 13.0 Å². The number of fused-ring (bicyclic) bond motifs is 7. The minimum absolute atomic E-state index is 0.0641. The molecule has 3 fully saturated rings. The largest absolute Gasteiger partial charge is 0.504 e. The Bertz CT molecular complexity index is 1860. The Kier molecular flexibility index (Phi) is 9.36. The minimum atomic E-state index is -0.655. The molecule has 270 valence electrons. The zero-order chi connectivity index (χ0) is 37.0. The molecule has 3 saturated carbocycles. The summed E-state index contributed by atoms with van der Waals surface area (Å²) >= 11 is 0. The second kappa shape index (κ2) is 13.1. The number of ketones is 1. The number of aliphatic hydroxyl groups is 1. The second-order valence-electron chi connectivity index (χ2n) is 16.8. The summed E-state index contributed by atoms with van der Waals surface area (Å²) in [5.74, 6) is -1.43. The maximum absolute atomic E-state index is 13.8. The number of unbranched alkanes of at least 4 members (excludes halogenated alkanes) is 1. The fourth-order valence-electron chi connectivity index (χ4n) is 10.3. The van der Waals surface area contributed by atoms with Crippen LogP contribution in [0.25, 0.3) is 5.57 Å². The van der Waals surface area contributed by atoms with Crippen LogP contribution in [0.5, 0.6) is 0 Å². The predicted molar refractivity (Wildman–Crippen MR) is 192 cm³/mol. The van der Waals surface area contributed by atoms with Gasteiger partial charge >= 0.3 is 11.9 Å². The van der Waals surface area contributed by atoms with Gasteiger partial charge in [-0.25, -0.2) is 9.18 Å². The fourth-order valence-corrected chi connectivity index (χ4v) is 10.3. The van der Waals surface area contributed by atoms with Gasteiger partial charge in [0.05, 0.1) is 24.2 Å². The summed E-state index contributed by atoms with van der Waals surface area (Å²) in [4.78, 5) is 38.9. The third-order valence-corrected chi connectivity index (χ3v) is 13.9. The van der Waals surface area contributed by atoms with Crippen molar-refractivity contribution < 1.29 is 33.4 Å². The van der Waals surface area contributed by atoms with E-state index >= 15 is 0 Å². The van der Waals surface area contributed by atoms with Gasteiger partial charge in [0.25, 0.3) is 0 Å². The number of carbonyl (C=O) groups excluding carboxylic acids is 3. The zero-order valence-corrected chi connectivity index (χ0v) is 30.8. The van der Waals surface area contributed by atoms with E-state index in [9.17, 15) is 29.1 Å². The molecule has 6 atom stereocenters. The summed E-state index contributed by atoms with van der Waals surface area (Å²) in [6.07, 6.45) is 14.7. The molecule has 0 bridgehead atoms. The van der Waals surface area contributed by atoms with E-state index in [4.69, 9.17) is 9.47 Å². The van der Waals surface area contributed by atoms with E-state index in [1.54, 1.807) is 6.08 Å². The summed E-state index contributed by atoms with van der Waals surface area (Å²) in [6, 6.07) is 7.27. The molecule has 6 rings (SSSR count). The Labute approximate surface area is 301 Å². The van der Waals surface area contributed by atoms with Gasteiger partial charge in [-0.15, -0.1) is 0 Å². The molecule has 0 amide bonds. The van der Waals surface area contributed by atoms with E-state index in [-0.39, 0.29) is 58.0 Å². The van der Waals surface area contributed by atoms with Crippen LogP contribution < -0.4 is 0 Å². The number of nitrogens with zero attached hydrogens (tertiary/aromatic N) is 1. The molecule has 1 aromatic rings. The Morgan fingerprint density at radius 2 is 1.63 bits per heavy atom. The number of carbonyl (C=O) groups is 3. The predicted octanol–water partition coefficient (Wildman–Crippen LogP) is 9.23. The second-order valence-corrected chi connectivity index (χ2v) is 16.8. The van der Waals surface area contributed by atoms with Crippen LogP contribution in [0.3, 0.4) is 0 Å². The molecule has 0 aromatic heterocycles. The van der Waals surface area contributed by atoms with E-state index in [0.29, 0.717) is 29.9 Å². The van der Waals surface area contributed by atoms with Gasteiger partial charge in [-0.1, -0.05) is 57.6 Å². The van der Waals surface area contributed by atoms with Crippen LogP contribution in [0.2, 0.25) is 0 Å². The maximum Gasteiger partial charge on any atom is 0.332 e. The number of esters is 2. The number of hydrogen-bond acceptors (Lipinski definition) is 7. The van der Waals surface area contributed by atoms with Crippen molar-refractivity contribution in [3.8, 4) is 6.07 Å². The molecule has 5 aliphatic carbocycles. The molecule has 8 heteroatoms. The molecule has 0 radical (unpaired) electrons. The van der Waals surface area contributed by atoms with E-state index < -0.39 is 17.2 Å². The van der Waals surface area contributed by atoms with Crippen LogP contribution in [0, 0.1) is 50.1 Å². The SMILES string of the molecule is CC1=C(O)C(=O)C=C2C1=CC=C1[C@@]2(C)CC[C@@]2(C)[C@@H]3C[C@](C)(C(=O)OCCCCOC(=O)/C=C(\C#N)c4ccc(F)cc4)CC[C@]3(C)CC[C@]12C. The Balaban J connectivity index is 1.09. The smallest absolute Gasteiger partial charge is 0.332 e. The van der Waals surface area contributed by atoms with Crippen molar-refractivity contribution in [2.24, 2.45) is 33.0 Å². The van der Waals surface area contributed by atoms with E-state index in [2.05, 4.69) is 46.8 Å². The van der Waals surface area contributed by atoms with Gasteiger partial charge in [-0.05, 0) is 129 Å². The standard InChI is InChI=1S/C43H50FNO6/c1-27-31-13-14-34-41(4,32(31)24-33(46)37(27)48)18-20-43(6)35-25-40(3,16-15-39(35,2)17-19-42(34,43)5)38(49)51-22-8-7-21-50-36(47)23-29(26-45)28-9-11-30(44)12-10-28/h9-14,23-24,35,48H,7-8,15-22,25H2,1-6H3/b29-23+/t35-,39-,40-,41+,42-,43+/m1/s1. The molecule has 0 heterocycles. The lowest BCUT2D eigenvalue weighted by Gasteiger charge is -2.70. The van der Waals surface area contributed by atoms with Crippen LogP contribution >= 0.6 is 0 Å². The van der Waals surface area contributed by atoms with Crippen molar-refractivity contribution in [1.82, 2.24) is 0 Å². The first-order valence-corrected chi connectivity index (χ1v) is 18.3. The third-order valence-electron chi connectivity index (χ3n) is 13.9. The summed E-state index contributed by atoms with van der Waals surface area (Å²) in [6.45, 7) is 13.8. The highest BCUT2D eigenvalue weighted by atomic mass is 19.1. The Morgan fingerprint density at radius 1 is 0.961 bits per heavy atom. The number of ether oxygens (including phenoxy) is 2. The van der Waals surface area contributed by atoms with Crippen LogP contribution in [0.1, 0.15) is 105 Å². The first-order valence-electron chi connectivity index (χ1n) is 18.3. The van der Waals surface area contributed by atoms with Gasteiger partial charge in [0, 0.05) is 17.1 Å². The molecule has 0 aliphatic heterocycles. The third kappa shape index (κ3) is 6.01. The molecule has 0 spiro atoms. The lowest BCUT2D eigenvalue weighted by molar-refractivity contribution is -0.182. The highest BCUT2D eigenvalue weighted by molar-refractivity contribution is 6.06. The van der Waals surface area contributed by atoms with E-state index in [1.165, 1.54) is 29.8 Å². The van der Waals surface area contributed by atoms with Gasteiger partial charge in [0.2, 0.25) is 5.78 Å². The number of benzene rings is 1. The lowest BCUT2D eigenvalue weighted by atomic mass is 9.34. The van der Waals surface area contributed by atoms with Gasteiger partial charge in [0.15, 0.2) is 5.76 Å². The number of allylic oxidation sites excluding steroid dienone is 8. The van der Waals surface area contributed by atoms with Gasteiger partial charge in [0.1, 0.15) is 11.9 Å². The van der Waals surface area contributed by atoms with Crippen molar-refractivity contribution in [3.05, 3.63) is 88.0 Å². The fraction of sp³-hybridized carbons (Fsp3) is 0.535. The molecule has 0 saturated heterocycles. The zero-order valence-electron chi connectivity index (χ0n) is 30.8. The molecule has 1 N–H and O–H groups in total. The molecular formula is C43H50FNO6. The average Bonchev–Trinajstić information content (AvgIpc) is 3.10. The van der Waals surface area contributed by atoms with Crippen molar-refractivity contribution in [3.63, 3.8) is 0 Å². The highest BCUT2D eigenvalue weighted by Gasteiger charge is 2.67. The highest BCUT2D eigenvalue weighted by Crippen LogP contribution is 2.75. The lowest BCUT2D eigenvalue weighted by Crippen LogP contribution is -2.62. The van der Waals surface area contributed by atoms with Crippen LogP contribution in [0.15, 0.2) is 76.6 Å². The topological polar surface area (TPSA) is 114 Å². The van der Waals surface area contributed by atoms with Crippen molar-refractivity contribution in [2.45, 2.75) is 99.3 Å². The van der Waals surface area contributed by atoms with Crippen LogP contribution in [-0.4, -0.2) is 36.0 Å². The van der Waals surface area contributed by atoms with Crippen LogP contribution in [0.4, 0.5) is 4.39 Å². The number of aliphatic hydroxyl groups excluding tert-OH is 1. The van der Waals surface area contributed by atoms with Crippen molar-refractivity contribution >= 4 is 23.3 Å². The Hall–Kier alpha value is -4.25. The average molecular weight is 696 g/mol. The molecule has 1 aromatic carbocycles. The molecular weight excluding hydrogens is 645 g/mol. The maximum atomic E-state index is 13.8. The summed E-state index contributed by atoms with van der Waals surface area (Å²) in [5.41, 5.74) is 3.54. The molecule has 5 aliphatic rings. The summed E-state index contributed by atoms with van der Waals surface area (Å²) < 4.78 is 24.4. The minimum Gasteiger partial charge on any atom is -0.504 e. The monoisotopic (exact) mass is 695 g/mol. The quantitative estimate of drug-likeness (QED) is 0.125. The normalized spacial score (nSPS) is 34.4. The van der Waals surface area contributed by atoms with E-state index in [0.717, 1.165) is 62.2 Å². The van der Waals surface area contributed by atoms with Crippen LogP contribution in [-0.2, 0) is 23.9 Å².